The average molecular weight is 629 g/mol. The highest BCUT2D eigenvalue weighted by Crippen LogP contribution is 2.31. The molecular weight excluding hydrogens is 599 g/mol. The zero-order valence-corrected chi connectivity index (χ0v) is 25.5. The van der Waals surface area contributed by atoms with Gasteiger partial charge in [0.1, 0.15) is 11.0 Å². The number of amides is 1. The summed E-state index contributed by atoms with van der Waals surface area (Å²) in [6.07, 6.45) is 4.72. The molecule has 4 aromatic rings. The van der Waals surface area contributed by atoms with Crippen molar-refractivity contribution in [2.24, 2.45) is 7.05 Å². The molecule has 1 aliphatic heterocycles. The van der Waals surface area contributed by atoms with Crippen LogP contribution in [0.15, 0.2) is 41.5 Å². The van der Waals surface area contributed by atoms with Crippen molar-refractivity contribution in [3.8, 4) is 0 Å². The fraction of sp³-hybridized carbons (Fsp3) is 0.357. The Labute approximate surface area is 252 Å². The summed E-state index contributed by atoms with van der Waals surface area (Å²) in [5.74, 6) is -0.552. The van der Waals surface area contributed by atoms with Gasteiger partial charge in [-0.25, -0.2) is 37.5 Å². The maximum Gasteiger partial charge on any atom is 0.285 e. The van der Waals surface area contributed by atoms with E-state index in [-0.39, 0.29) is 28.0 Å². The van der Waals surface area contributed by atoms with E-state index in [0.717, 1.165) is 37.1 Å². The quantitative estimate of drug-likeness (QED) is 0.291. The van der Waals surface area contributed by atoms with Crippen molar-refractivity contribution in [1.29, 1.82) is 0 Å². The van der Waals surface area contributed by atoms with Crippen molar-refractivity contribution in [2.45, 2.75) is 38.6 Å². The van der Waals surface area contributed by atoms with Gasteiger partial charge in [0, 0.05) is 31.6 Å². The number of aryl methyl sites for hydroxylation is 1. The van der Waals surface area contributed by atoms with Crippen LogP contribution >= 0.6 is 11.6 Å². The second kappa shape index (κ2) is 11.8. The van der Waals surface area contributed by atoms with Crippen LogP contribution < -0.4 is 20.5 Å². The Kier molecular flexibility index (Phi) is 8.34. The molecule has 5 rings (SSSR count). The largest absolute Gasteiger partial charge is 0.377 e. The van der Waals surface area contributed by atoms with Gasteiger partial charge in [0.05, 0.1) is 41.3 Å². The molecule has 0 radical (unpaired) electrons. The molecule has 15 heteroatoms. The molecule has 1 aliphatic rings. The number of aromatic nitrogens is 5. The molecule has 0 bridgehead atoms. The van der Waals surface area contributed by atoms with Gasteiger partial charge in [0.25, 0.3) is 11.5 Å². The number of hydrogen-bond donors (Lipinski definition) is 2. The summed E-state index contributed by atoms with van der Waals surface area (Å²) in [5.41, 5.74) is 1.89. The summed E-state index contributed by atoms with van der Waals surface area (Å²) < 4.78 is 40.3. The Morgan fingerprint density at radius 3 is 2.60 bits per heavy atom. The van der Waals surface area contributed by atoms with Crippen molar-refractivity contribution < 1.29 is 17.6 Å². The van der Waals surface area contributed by atoms with Gasteiger partial charge in [-0.3, -0.25) is 14.2 Å². The number of hydrogen-bond acceptors (Lipinski definition) is 10. The Morgan fingerprint density at radius 2 is 1.91 bits per heavy atom. The van der Waals surface area contributed by atoms with Crippen LogP contribution in [0.2, 0.25) is 5.15 Å². The summed E-state index contributed by atoms with van der Waals surface area (Å²) in [7, 11) is -2.15. The number of anilines is 2. The van der Waals surface area contributed by atoms with E-state index < -0.39 is 27.8 Å². The lowest BCUT2D eigenvalue weighted by Crippen LogP contribution is -2.38. The third-order valence-corrected chi connectivity index (χ3v) is 8.02. The molecule has 226 valence electrons. The third kappa shape index (κ3) is 6.59. The van der Waals surface area contributed by atoms with Crippen LogP contribution in [0, 0.1) is 12.7 Å². The van der Waals surface area contributed by atoms with Crippen LogP contribution in [-0.2, 0) is 17.1 Å². The maximum absolute atomic E-state index is 13.7. The monoisotopic (exact) mass is 628 g/mol. The number of nitrogens with zero attached hydrogens (tertiary/aromatic N) is 6. The first-order valence-electron chi connectivity index (χ1n) is 13.5. The summed E-state index contributed by atoms with van der Waals surface area (Å²) >= 11 is 6.02. The Bertz CT molecular complexity index is 1880. The van der Waals surface area contributed by atoms with Gasteiger partial charge in [-0.2, -0.15) is 0 Å². The molecule has 1 amide bonds. The third-order valence-electron chi connectivity index (χ3n) is 7.26. The molecule has 43 heavy (non-hydrogen) atoms. The van der Waals surface area contributed by atoms with E-state index in [2.05, 4.69) is 20.3 Å². The highest BCUT2D eigenvalue weighted by molar-refractivity contribution is 7.89. The summed E-state index contributed by atoms with van der Waals surface area (Å²) in [6.45, 7) is 4.91. The van der Waals surface area contributed by atoms with E-state index >= 15 is 0 Å². The van der Waals surface area contributed by atoms with Crippen molar-refractivity contribution in [1.82, 2.24) is 29.2 Å². The van der Waals surface area contributed by atoms with Crippen molar-refractivity contribution >= 4 is 50.1 Å². The molecule has 2 N–H and O–H groups in total. The number of sulfonamides is 1. The highest BCUT2D eigenvalue weighted by Gasteiger charge is 2.28. The van der Waals surface area contributed by atoms with E-state index in [1.54, 1.807) is 17.7 Å². The number of carbonyl (C=O) groups excluding carboxylic acids is 1. The Morgan fingerprint density at radius 1 is 1.19 bits per heavy atom. The predicted octanol–water partition coefficient (Wildman–Crippen LogP) is 3.47. The van der Waals surface area contributed by atoms with Gasteiger partial charge >= 0.3 is 0 Å². The van der Waals surface area contributed by atoms with Gasteiger partial charge in [0.2, 0.25) is 16.0 Å². The minimum absolute atomic E-state index is 0.0141. The average Bonchev–Trinajstić information content (AvgIpc) is 2.95. The zero-order valence-electron chi connectivity index (χ0n) is 23.9. The number of rotatable bonds is 7. The lowest BCUT2D eigenvalue weighted by atomic mass is 9.96. The van der Waals surface area contributed by atoms with Gasteiger partial charge in [0.15, 0.2) is 11.5 Å². The van der Waals surface area contributed by atoms with Crippen LogP contribution in [0.25, 0.3) is 10.9 Å². The van der Waals surface area contributed by atoms with Gasteiger partial charge in [-0.1, -0.05) is 17.7 Å². The minimum Gasteiger partial charge on any atom is -0.377 e. The van der Waals surface area contributed by atoms with Crippen molar-refractivity contribution in [3.05, 3.63) is 80.6 Å². The number of piperidine rings is 1. The van der Waals surface area contributed by atoms with Gasteiger partial charge < -0.3 is 10.2 Å². The molecule has 1 fully saturated rings. The van der Waals surface area contributed by atoms with Crippen LogP contribution in [-0.4, -0.2) is 58.2 Å². The van der Waals surface area contributed by atoms with Crippen LogP contribution in [0.5, 0.6) is 0 Å². The smallest absolute Gasteiger partial charge is 0.285 e. The summed E-state index contributed by atoms with van der Waals surface area (Å²) in [5, 5.41) is 3.68. The molecule has 1 unspecified atom stereocenters. The zero-order chi connectivity index (χ0) is 31.1. The number of fused-ring (bicyclic) bond motifs is 1. The molecule has 3 aromatic heterocycles. The van der Waals surface area contributed by atoms with Gasteiger partial charge in [-0.15, -0.1) is 0 Å². The lowest BCUT2D eigenvalue weighted by molar-refractivity contribution is 0.0977. The van der Waals surface area contributed by atoms with E-state index in [1.807, 2.05) is 29.5 Å². The molecule has 12 nitrogen and oxygen atoms in total. The molecule has 2 atom stereocenters. The van der Waals surface area contributed by atoms with E-state index in [4.69, 9.17) is 16.6 Å². The standard InChI is InChI=1S/C28H30ClFN8O4S/c1-15-10-19(16(2)33-21-7-8-22(29)34-24(21)26(39)36-43(4,41)42)23-20(11-15)27(40)37(3)25(35-23)17-6-5-9-38(14-17)28-31-12-18(30)13-32-28/h7-8,10-13,16-17,33H,5-6,9,14H2,1-4H3,(H,36,39)/t16-,17?/m1/s1. The van der Waals surface area contributed by atoms with Crippen molar-refractivity contribution in [2.75, 3.05) is 29.6 Å². The molecule has 0 aliphatic carbocycles. The minimum atomic E-state index is -3.85. The number of pyridine rings is 1. The fourth-order valence-corrected chi connectivity index (χ4v) is 5.94. The van der Waals surface area contributed by atoms with E-state index in [1.165, 1.54) is 12.1 Å². The second-order valence-electron chi connectivity index (χ2n) is 10.7. The van der Waals surface area contributed by atoms with Crippen LogP contribution in [0.3, 0.4) is 0 Å². The van der Waals surface area contributed by atoms with E-state index in [9.17, 15) is 22.4 Å². The highest BCUT2D eigenvalue weighted by atomic mass is 35.5. The Hall–Kier alpha value is -4.17. The molecule has 0 spiro atoms. The maximum atomic E-state index is 13.7. The first kappa shape index (κ1) is 30.3. The SMILES string of the molecule is Cc1cc([C@@H](C)Nc2ccc(Cl)nc2C(=O)NS(C)(=O)=O)c2nc(C3CCCN(c4ncc(F)cn4)C3)n(C)c(=O)c2c1. The molecular formula is C28H30ClFN8O4S. The van der Waals surface area contributed by atoms with Gasteiger partial charge in [-0.05, 0) is 50.5 Å². The van der Waals surface area contributed by atoms with Crippen molar-refractivity contribution in [3.63, 3.8) is 0 Å². The first-order chi connectivity index (χ1) is 20.3. The Balaban J connectivity index is 1.53. The fourth-order valence-electron chi connectivity index (χ4n) is 5.36. The normalized spacial score (nSPS) is 16.2. The number of nitrogens with one attached hydrogen (secondary N) is 2. The molecule has 4 heterocycles. The summed E-state index contributed by atoms with van der Waals surface area (Å²) in [4.78, 5) is 45.7. The number of benzene rings is 1. The summed E-state index contributed by atoms with van der Waals surface area (Å²) in [6, 6.07) is 6.23. The molecule has 1 aromatic carbocycles. The molecule has 0 saturated carbocycles. The second-order valence-corrected chi connectivity index (χ2v) is 12.8. The van der Waals surface area contributed by atoms with Crippen LogP contribution in [0.4, 0.5) is 16.0 Å². The number of halogens is 2. The molecule has 1 saturated heterocycles. The lowest BCUT2D eigenvalue weighted by Gasteiger charge is -2.33. The van der Waals surface area contributed by atoms with E-state index in [0.29, 0.717) is 41.3 Å². The predicted molar refractivity (Wildman–Crippen MR) is 161 cm³/mol. The number of carbonyl (C=O) groups is 1. The topological polar surface area (TPSA) is 152 Å². The van der Waals surface area contributed by atoms with Crippen LogP contribution in [0.1, 0.15) is 59.2 Å². The first-order valence-corrected chi connectivity index (χ1v) is 15.8.